The van der Waals surface area contributed by atoms with Gasteiger partial charge in [-0.25, -0.2) is 44.9 Å². The summed E-state index contributed by atoms with van der Waals surface area (Å²) in [6, 6.07) is 26.6. The van der Waals surface area contributed by atoms with Crippen molar-refractivity contribution in [2.75, 3.05) is 92.7 Å². The van der Waals surface area contributed by atoms with Gasteiger partial charge in [-0.1, -0.05) is 99.0 Å². The maximum atomic E-state index is 12.7. The van der Waals surface area contributed by atoms with Crippen LogP contribution >= 0.6 is 0 Å². The predicted molar refractivity (Wildman–Crippen MR) is 520 cm³/mol. The van der Waals surface area contributed by atoms with E-state index in [1.807, 2.05) is 108 Å². The zero-order valence-electron chi connectivity index (χ0n) is 77.0. The number of unbranched alkanes of at least 4 members (excludes halogenated alkanes) is 2. The van der Waals surface area contributed by atoms with Crippen LogP contribution < -0.4 is 72.0 Å². The van der Waals surface area contributed by atoms with Gasteiger partial charge in [0.2, 0.25) is 35.7 Å². The molecule has 39 nitrogen and oxygen atoms in total. The Morgan fingerprint density at radius 2 is 0.641 bits per heavy atom. The van der Waals surface area contributed by atoms with Crippen LogP contribution in [0.15, 0.2) is 116 Å². The van der Waals surface area contributed by atoms with E-state index >= 15 is 0 Å². The van der Waals surface area contributed by atoms with Gasteiger partial charge in [0, 0.05) is 66.8 Å². The first-order valence-electron chi connectivity index (χ1n) is 44.7. The Bertz CT molecular complexity index is 5680. The highest BCUT2D eigenvalue weighted by atomic mass is 16.3. The van der Waals surface area contributed by atoms with Crippen molar-refractivity contribution >= 4 is 154 Å². The molecule has 0 bridgehead atoms. The van der Waals surface area contributed by atoms with Gasteiger partial charge in [0.05, 0.1) is 94.8 Å². The summed E-state index contributed by atoms with van der Waals surface area (Å²) < 4.78 is 0. The standard InChI is InChI=1S/C19H22N6O.C17H25N5O2.C15H22N6O.2C14H21N5O.C13H19N5O/c1-2-6-14(16(26)10-9-13-7-3-4-11-21-13)23-18-17-15(8-5-12-22-17)24-19(20)25-18;1-4-6-11(13(23)8-9-17(2,3)24)20-15-14-12(7-5-10-19-14)21-16(18)22-15;1-2-5-10(12(22)7-3-8-16)19-14-13-11(6-4-9-18-13)20-15(17)21-14;2*1-3-4-5-10(8-20)17-13-12-11(18-14(15)19-13)7-6-9(2)16-12;1-3-4-9(7-19)16-12-11-10(17-13(14)18-12)6-5-8(2)15-11/h3-5,7-8,11-12,14H,2,6,9-10H2,1H3,(H3,20,23,24,25);5,7,10-11,24H,4,6,8-9H2,1-3H3,(H3,18,20,21,22);4,6,9-10H,2-3,5,7-8,16H2,1H3,(H3,17,19,20,21);2*6-7,10,20H,3-5,8H2,1-2H3,(H3,15,17,18,19);5-6,9,19H,3-4,7H2,1-2H3,(H3,14,16,17,18)/t14-;11-;3*10-;9-/m000101/s1. The van der Waals surface area contributed by atoms with Crippen molar-refractivity contribution in [3.8, 4) is 0 Å². The van der Waals surface area contributed by atoms with Gasteiger partial charge in [-0.2, -0.15) is 29.9 Å². The third-order valence-corrected chi connectivity index (χ3v) is 20.4. The van der Waals surface area contributed by atoms with Crippen molar-refractivity contribution in [2.24, 2.45) is 5.73 Å². The number of aryl methyl sites for hydroxylation is 4. The Balaban J connectivity index is 0.000000194. The lowest BCUT2D eigenvalue weighted by molar-refractivity contribution is -0.121. The zero-order valence-corrected chi connectivity index (χ0v) is 77.0. The normalized spacial score (nSPS) is 12.5. The number of hydrogen-bond acceptors (Lipinski definition) is 39. The third-order valence-electron chi connectivity index (χ3n) is 20.4. The number of Topliss-reactive ketones (excluding diaryl/α,β-unsaturated/α-hetero) is 3. The van der Waals surface area contributed by atoms with Gasteiger partial charge in [0.15, 0.2) is 52.3 Å². The second-order valence-corrected chi connectivity index (χ2v) is 32.2. The molecule has 0 saturated carbocycles. The van der Waals surface area contributed by atoms with Crippen LogP contribution in [0.5, 0.6) is 0 Å². The highest BCUT2D eigenvalue weighted by molar-refractivity contribution is 5.95. The fraction of sp³-hybridized carbons (Fsp3) is 0.457. The van der Waals surface area contributed by atoms with Gasteiger partial charge in [-0.15, -0.1) is 0 Å². The molecule has 0 radical (unpaired) electrons. The zero-order chi connectivity index (χ0) is 94.9. The van der Waals surface area contributed by atoms with Crippen LogP contribution in [0.1, 0.15) is 200 Å². The number of nitrogens with one attached hydrogen (secondary N) is 6. The number of nitrogen functional groups attached to an aromatic ring is 6. The summed E-state index contributed by atoms with van der Waals surface area (Å²) >= 11 is 0. The number of aliphatic hydroxyl groups is 4. The number of ketones is 3. The summed E-state index contributed by atoms with van der Waals surface area (Å²) in [6.07, 6.45) is 22.2. The Hall–Kier alpha value is -13.5. The van der Waals surface area contributed by atoms with Crippen LogP contribution in [0.4, 0.5) is 70.6 Å². The number of pyridine rings is 7. The number of aliphatic hydroxyl groups excluding tert-OH is 3. The molecular formula is C92H130N32O7. The van der Waals surface area contributed by atoms with Gasteiger partial charge < -0.3 is 92.5 Å². The smallest absolute Gasteiger partial charge is 0.222 e. The predicted octanol–water partition coefficient (Wildman–Crippen LogP) is 11.8. The summed E-state index contributed by atoms with van der Waals surface area (Å²) in [7, 11) is 0. The van der Waals surface area contributed by atoms with Crippen LogP contribution in [0.2, 0.25) is 0 Å². The van der Waals surface area contributed by atoms with Gasteiger partial charge in [0.25, 0.3) is 0 Å². The van der Waals surface area contributed by atoms with Crippen molar-refractivity contribution in [1.29, 1.82) is 0 Å². The highest BCUT2D eigenvalue weighted by Gasteiger charge is 2.26. The monoisotopic (exact) mass is 1800 g/mol. The molecule has 0 fully saturated rings. The molecule has 24 N–H and O–H groups in total. The van der Waals surface area contributed by atoms with Crippen LogP contribution in [0.25, 0.3) is 66.2 Å². The minimum Gasteiger partial charge on any atom is -0.394 e. The summed E-state index contributed by atoms with van der Waals surface area (Å²) in [5.41, 5.74) is 50.6. The van der Waals surface area contributed by atoms with E-state index in [1.165, 1.54) is 0 Å². The van der Waals surface area contributed by atoms with E-state index in [4.69, 9.17) is 40.1 Å². The molecule has 6 atom stereocenters. The first-order valence-corrected chi connectivity index (χ1v) is 44.7. The molecule has 13 aromatic rings. The fourth-order valence-electron chi connectivity index (χ4n) is 13.7. The summed E-state index contributed by atoms with van der Waals surface area (Å²) in [6.45, 7) is 22.2. The Labute approximate surface area is 763 Å². The van der Waals surface area contributed by atoms with E-state index in [2.05, 4.69) is 147 Å². The van der Waals surface area contributed by atoms with E-state index in [1.54, 1.807) is 62.9 Å². The first-order chi connectivity index (χ1) is 63.0. The lowest BCUT2D eigenvalue weighted by Gasteiger charge is -2.21. The molecule has 13 aromatic heterocycles. The second kappa shape index (κ2) is 52.8. The average molecular weight is 1800 g/mol. The van der Waals surface area contributed by atoms with Gasteiger partial charge >= 0.3 is 0 Å². The van der Waals surface area contributed by atoms with E-state index in [9.17, 15) is 34.8 Å². The van der Waals surface area contributed by atoms with E-state index < -0.39 is 11.6 Å². The van der Waals surface area contributed by atoms with E-state index in [-0.39, 0.29) is 103 Å². The molecular weight excluding hydrogens is 1670 g/mol. The second-order valence-electron chi connectivity index (χ2n) is 32.2. The van der Waals surface area contributed by atoms with Crippen LogP contribution in [0, 0.1) is 20.8 Å². The Morgan fingerprint density at radius 1 is 0.336 bits per heavy atom. The number of rotatable bonds is 41. The topological polar surface area (TPSA) is 631 Å². The largest absolute Gasteiger partial charge is 0.394 e. The number of nitrogens with zero attached hydrogens (tertiary/aromatic N) is 19. The van der Waals surface area contributed by atoms with Gasteiger partial charge in [0.1, 0.15) is 33.1 Å². The molecule has 0 aliphatic carbocycles. The maximum absolute atomic E-state index is 12.7. The molecule has 131 heavy (non-hydrogen) atoms. The van der Waals surface area contributed by atoms with Crippen molar-refractivity contribution in [2.45, 2.75) is 246 Å². The molecule has 0 aliphatic heterocycles. The number of carbonyl (C=O) groups excluding carboxylic acids is 3. The lowest BCUT2D eigenvalue weighted by Crippen LogP contribution is -2.32. The molecule has 0 amide bonds. The van der Waals surface area contributed by atoms with E-state index in [0.29, 0.717) is 159 Å². The average Bonchev–Trinajstić information content (AvgIpc) is 0.813. The summed E-state index contributed by atoms with van der Waals surface area (Å²) in [5.74, 6) is 4.59. The molecule has 700 valence electrons. The number of nitrogens with two attached hydrogens (primary N) is 7. The van der Waals surface area contributed by atoms with Crippen LogP contribution in [0.3, 0.4) is 0 Å². The minimum absolute atomic E-state index is 0.0419. The Kier molecular flexibility index (Phi) is 41.5. The van der Waals surface area contributed by atoms with Crippen molar-refractivity contribution in [1.82, 2.24) is 94.7 Å². The maximum Gasteiger partial charge on any atom is 0.222 e. The first kappa shape index (κ1) is 103. The molecule has 13 heterocycles. The van der Waals surface area contributed by atoms with Gasteiger partial charge in [-0.3, -0.25) is 34.3 Å². The van der Waals surface area contributed by atoms with Crippen molar-refractivity contribution in [3.63, 3.8) is 0 Å². The third kappa shape index (κ3) is 32.9. The molecule has 13 rings (SSSR count). The molecule has 0 saturated heterocycles. The van der Waals surface area contributed by atoms with Crippen molar-refractivity contribution in [3.05, 3.63) is 139 Å². The molecule has 0 unspecified atom stereocenters. The van der Waals surface area contributed by atoms with E-state index in [0.717, 1.165) is 99.8 Å². The lowest BCUT2D eigenvalue weighted by atomic mass is 9.96. The quantitative estimate of drug-likeness (QED) is 0.0169. The molecule has 0 aliphatic rings. The number of carbonyl (C=O) groups is 3. The molecule has 0 aromatic carbocycles. The number of fused-ring (bicyclic) bond motifs is 6. The number of aromatic nitrogens is 19. The number of hydrogen-bond donors (Lipinski definition) is 17. The molecule has 39 heteroatoms. The molecule has 0 spiro atoms. The fourth-order valence-corrected chi connectivity index (χ4v) is 13.7. The van der Waals surface area contributed by atoms with Gasteiger partial charge in [-0.05, 0) is 184 Å². The summed E-state index contributed by atoms with van der Waals surface area (Å²) in [5, 5.41) is 57.3. The van der Waals surface area contributed by atoms with Crippen LogP contribution in [-0.2, 0) is 20.8 Å². The summed E-state index contributed by atoms with van der Waals surface area (Å²) in [4.78, 5) is 118. The highest BCUT2D eigenvalue weighted by Crippen LogP contribution is 2.29. The number of anilines is 12. The Morgan fingerprint density at radius 3 is 0.939 bits per heavy atom. The SMILES string of the molecule is CCCC[C@@H](CO)Nc1nc(N)nc2ccc(C)nc12.CCCC[C@H](CO)Nc1nc(N)nc2ccc(C)nc12.CCC[C@H](CO)Nc1nc(N)nc2ccc(C)nc12.CCC[C@H](Nc1nc(N)nc2cccnc12)C(=O)CCC(C)(C)O.CCC[C@H](Nc1nc(N)nc2cccnc12)C(=O)CCCN.CCC[C@H](Nc1nc(N)nc2cccnc12)C(=O)CCc1ccccn1. The van der Waals surface area contributed by atoms with Crippen molar-refractivity contribution < 1.29 is 34.8 Å². The minimum atomic E-state index is -0.861. The van der Waals surface area contributed by atoms with Crippen LogP contribution in [-0.4, -0.2) is 201 Å².